The van der Waals surface area contributed by atoms with Gasteiger partial charge in [0.2, 0.25) is 0 Å². The van der Waals surface area contributed by atoms with Gasteiger partial charge in [-0.2, -0.15) is 0 Å². The molecule has 86 valence electrons. The molecule has 1 aromatic heterocycles. The standard InChI is InChI=1S/C15H20O/c1-10(2)11-6-7-13-12(8-11)9-14(16-13)15(3,4)5/h6-10H,1-5H3. The van der Waals surface area contributed by atoms with Crippen molar-refractivity contribution < 1.29 is 4.42 Å². The van der Waals surface area contributed by atoms with Crippen LogP contribution < -0.4 is 0 Å². The van der Waals surface area contributed by atoms with E-state index < -0.39 is 0 Å². The van der Waals surface area contributed by atoms with Crippen LogP contribution in [0.25, 0.3) is 11.0 Å². The van der Waals surface area contributed by atoms with Crippen molar-refractivity contribution in [2.24, 2.45) is 0 Å². The van der Waals surface area contributed by atoms with Crippen molar-refractivity contribution in [2.45, 2.75) is 46.0 Å². The smallest absolute Gasteiger partial charge is 0.134 e. The van der Waals surface area contributed by atoms with Gasteiger partial charge in [-0.25, -0.2) is 0 Å². The first-order valence-electron chi connectivity index (χ1n) is 5.92. The van der Waals surface area contributed by atoms with Gasteiger partial charge in [-0.05, 0) is 29.7 Å². The fourth-order valence-electron chi connectivity index (χ4n) is 1.79. The van der Waals surface area contributed by atoms with Crippen LogP contribution in [0.15, 0.2) is 28.7 Å². The Morgan fingerprint density at radius 3 is 2.31 bits per heavy atom. The van der Waals surface area contributed by atoms with Crippen molar-refractivity contribution in [2.75, 3.05) is 0 Å². The first-order valence-corrected chi connectivity index (χ1v) is 5.92. The topological polar surface area (TPSA) is 13.1 Å². The third-order valence-electron chi connectivity index (χ3n) is 2.95. The van der Waals surface area contributed by atoms with Crippen molar-refractivity contribution in [3.05, 3.63) is 35.6 Å². The summed E-state index contributed by atoms with van der Waals surface area (Å²) in [5, 5.41) is 1.22. The molecule has 1 heterocycles. The molecule has 0 aliphatic rings. The van der Waals surface area contributed by atoms with Crippen LogP contribution in [0.3, 0.4) is 0 Å². The maximum atomic E-state index is 5.87. The summed E-state index contributed by atoms with van der Waals surface area (Å²) in [5.74, 6) is 1.63. The lowest BCUT2D eigenvalue weighted by atomic mass is 9.93. The predicted molar refractivity (Wildman–Crippen MR) is 69.0 cm³/mol. The number of fused-ring (bicyclic) bond motifs is 1. The number of benzene rings is 1. The van der Waals surface area contributed by atoms with Gasteiger partial charge >= 0.3 is 0 Å². The Bertz CT molecular complexity index is 498. The first-order chi connectivity index (χ1) is 7.38. The fraction of sp³-hybridized carbons (Fsp3) is 0.467. The molecular weight excluding hydrogens is 196 g/mol. The molecule has 0 fully saturated rings. The second kappa shape index (κ2) is 3.65. The zero-order valence-electron chi connectivity index (χ0n) is 10.8. The minimum Gasteiger partial charge on any atom is -0.461 e. The van der Waals surface area contributed by atoms with E-state index in [1.54, 1.807) is 0 Å². The van der Waals surface area contributed by atoms with Crippen molar-refractivity contribution in [3.8, 4) is 0 Å². The van der Waals surface area contributed by atoms with Crippen LogP contribution in [0.5, 0.6) is 0 Å². The molecule has 1 nitrogen and oxygen atoms in total. The van der Waals surface area contributed by atoms with Crippen LogP contribution in [0.2, 0.25) is 0 Å². The summed E-state index contributed by atoms with van der Waals surface area (Å²) >= 11 is 0. The largest absolute Gasteiger partial charge is 0.461 e. The molecule has 0 unspecified atom stereocenters. The zero-order valence-corrected chi connectivity index (χ0v) is 10.8. The van der Waals surface area contributed by atoms with E-state index in [0.717, 1.165) is 11.3 Å². The maximum absolute atomic E-state index is 5.87. The average molecular weight is 216 g/mol. The average Bonchev–Trinajstić information content (AvgIpc) is 2.58. The van der Waals surface area contributed by atoms with E-state index in [0.29, 0.717) is 5.92 Å². The minimum absolute atomic E-state index is 0.0804. The Balaban J connectivity index is 2.54. The SMILES string of the molecule is CC(C)c1ccc2oc(C(C)(C)C)cc2c1. The molecular formula is C15H20O. The van der Waals surface area contributed by atoms with E-state index in [1.165, 1.54) is 10.9 Å². The molecule has 0 spiro atoms. The molecule has 2 rings (SSSR count). The van der Waals surface area contributed by atoms with Gasteiger partial charge < -0.3 is 4.42 Å². The molecule has 1 aromatic carbocycles. The second-order valence-corrected chi connectivity index (χ2v) is 5.81. The van der Waals surface area contributed by atoms with Gasteiger partial charge in [-0.3, -0.25) is 0 Å². The van der Waals surface area contributed by atoms with Crippen molar-refractivity contribution >= 4 is 11.0 Å². The summed E-state index contributed by atoms with van der Waals surface area (Å²) in [5.41, 5.74) is 2.44. The Hall–Kier alpha value is -1.24. The van der Waals surface area contributed by atoms with E-state index >= 15 is 0 Å². The lowest BCUT2D eigenvalue weighted by Gasteiger charge is -2.13. The number of furan rings is 1. The third kappa shape index (κ3) is 1.99. The highest BCUT2D eigenvalue weighted by molar-refractivity contribution is 5.79. The molecule has 1 heteroatoms. The lowest BCUT2D eigenvalue weighted by Crippen LogP contribution is -2.08. The van der Waals surface area contributed by atoms with Gasteiger partial charge in [-0.15, -0.1) is 0 Å². The van der Waals surface area contributed by atoms with Gasteiger partial charge in [0.15, 0.2) is 0 Å². The Kier molecular flexibility index (Phi) is 2.57. The number of rotatable bonds is 1. The van der Waals surface area contributed by atoms with Crippen LogP contribution in [-0.2, 0) is 5.41 Å². The van der Waals surface area contributed by atoms with E-state index in [-0.39, 0.29) is 5.41 Å². The van der Waals surface area contributed by atoms with Crippen LogP contribution in [0.4, 0.5) is 0 Å². The van der Waals surface area contributed by atoms with E-state index in [9.17, 15) is 0 Å². The van der Waals surface area contributed by atoms with Crippen molar-refractivity contribution in [1.29, 1.82) is 0 Å². The normalized spacial score (nSPS) is 12.6. The summed E-state index contributed by atoms with van der Waals surface area (Å²) in [7, 11) is 0. The monoisotopic (exact) mass is 216 g/mol. The van der Waals surface area contributed by atoms with Crippen LogP contribution in [-0.4, -0.2) is 0 Å². The minimum atomic E-state index is 0.0804. The highest BCUT2D eigenvalue weighted by atomic mass is 16.3. The highest BCUT2D eigenvalue weighted by Crippen LogP contribution is 2.30. The Morgan fingerprint density at radius 2 is 1.75 bits per heavy atom. The summed E-state index contributed by atoms with van der Waals surface area (Å²) < 4.78 is 5.87. The molecule has 2 aromatic rings. The first kappa shape index (κ1) is 11.3. The number of hydrogen-bond acceptors (Lipinski definition) is 1. The van der Waals surface area contributed by atoms with Crippen molar-refractivity contribution in [3.63, 3.8) is 0 Å². The molecule has 0 bridgehead atoms. The molecule has 0 saturated heterocycles. The summed E-state index contributed by atoms with van der Waals surface area (Å²) in [6, 6.07) is 8.64. The molecule has 16 heavy (non-hydrogen) atoms. The highest BCUT2D eigenvalue weighted by Gasteiger charge is 2.18. The summed E-state index contributed by atoms with van der Waals surface area (Å²) in [6.45, 7) is 11.0. The number of hydrogen-bond donors (Lipinski definition) is 0. The third-order valence-corrected chi connectivity index (χ3v) is 2.95. The van der Waals surface area contributed by atoms with E-state index in [1.807, 2.05) is 0 Å². The molecule has 0 N–H and O–H groups in total. The van der Waals surface area contributed by atoms with E-state index in [4.69, 9.17) is 4.42 Å². The molecule has 0 amide bonds. The molecule has 0 aliphatic heterocycles. The van der Waals surface area contributed by atoms with Gasteiger partial charge in [-0.1, -0.05) is 40.7 Å². The van der Waals surface area contributed by atoms with Gasteiger partial charge in [0, 0.05) is 10.8 Å². The van der Waals surface area contributed by atoms with E-state index in [2.05, 4.69) is 58.9 Å². The maximum Gasteiger partial charge on any atom is 0.134 e. The quantitative estimate of drug-likeness (QED) is 0.664. The zero-order chi connectivity index (χ0) is 11.9. The molecule has 0 aliphatic carbocycles. The van der Waals surface area contributed by atoms with Crippen LogP contribution in [0, 0.1) is 0 Å². The van der Waals surface area contributed by atoms with Gasteiger partial charge in [0.1, 0.15) is 11.3 Å². The summed E-state index contributed by atoms with van der Waals surface area (Å²) in [4.78, 5) is 0. The second-order valence-electron chi connectivity index (χ2n) is 5.81. The molecule has 0 atom stereocenters. The predicted octanol–water partition coefficient (Wildman–Crippen LogP) is 4.85. The van der Waals surface area contributed by atoms with Gasteiger partial charge in [0.25, 0.3) is 0 Å². The van der Waals surface area contributed by atoms with Crippen molar-refractivity contribution in [1.82, 2.24) is 0 Å². The van der Waals surface area contributed by atoms with Crippen LogP contribution >= 0.6 is 0 Å². The van der Waals surface area contributed by atoms with Crippen LogP contribution in [0.1, 0.15) is 51.9 Å². The lowest BCUT2D eigenvalue weighted by molar-refractivity contribution is 0.430. The molecule has 0 saturated carbocycles. The Labute approximate surface area is 97.5 Å². The Morgan fingerprint density at radius 1 is 1.06 bits per heavy atom. The van der Waals surface area contributed by atoms with Gasteiger partial charge in [0.05, 0.1) is 0 Å². The summed E-state index contributed by atoms with van der Waals surface area (Å²) in [6.07, 6.45) is 0. The fourth-order valence-corrected chi connectivity index (χ4v) is 1.79. The molecule has 0 radical (unpaired) electrons.